The average Bonchev–Trinajstić information content (AvgIpc) is 3.21. The van der Waals surface area contributed by atoms with Crippen LogP contribution in [-0.4, -0.2) is 32.5 Å². The number of fused-ring (bicyclic) bond motifs is 1. The van der Waals surface area contributed by atoms with E-state index in [9.17, 15) is 8.42 Å². The zero-order valence-electron chi connectivity index (χ0n) is 14.3. The topological polar surface area (TPSA) is 55.8 Å². The molecule has 1 aromatic heterocycles. The number of aryl methyl sites for hydroxylation is 2. The molecule has 0 spiro atoms. The van der Waals surface area contributed by atoms with E-state index in [0.717, 1.165) is 33.9 Å². The smallest absolute Gasteiger partial charge is 0.244 e. The predicted molar refractivity (Wildman–Crippen MR) is 97.1 cm³/mol. The first-order chi connectivity index (χ1) is 12.0. The van der Waals surface area contributed by atoms with Gasteiger partial charge in [0.1, 0.15) is 13.2 Å². The summed E-state index contributed by atoms with van der Waals surface area (Å²) >= 11 is 1.53. The predicted octanol–water partition coefficient (Wildman–Crippen LogP) is 3.66. The molecule has 0 aliphatic carbocycles. The molecule has 7 heteroatoms. The number of rotatable bonds is 3. The van der Waals surface area contributed by atoms with E-state index < -0.39 is 10.0 Å². The molecule has 2 aromatic rings. The molecule has 1 saturated heterocycles. The van der Waals surface area contributed by atoms with E-state index in [2.05, 4.69) is 0 Å². The maximum Gasteiger partial charge on any atom is 0.244 e. The number of sulfonamides is 1. The number of ether oxygens (including phenoxy) is 2. The van der Waals surface area contributed by atoms with Crippen molar-refractivity contribution in [2.75, 3.05) is 19.8 Å². The molecule has 0 saturated carbocycles. The highest BCUT2D eigenvalue weighted by atomic mass is 32.2. The van der Waals surface area contributed by atoms with E-state index in [4.69, 9.17) is 9.47 Å². The monoisotopic (exact) mass is 379 g/mol. The normalized spacial score (nSPS) is 20.8. The summed E-state index contributed by atoms with van der Waals surface area (Å²) in [5, 5.41) is 0. The van der Waals surface area contributed by atoms with E-state index in [-0.39, 0.29) is 6.04 Å². The van der Waals surface area contributed by atoms with Crippen molar-refractivity contribution in [2.24, 2.45) is 0 Å². The summed E-state index contributed by atoms with van der Waals surface area (Å²) < 4.78 is 39.3. The van der Waals surface area contributed by atoms with Gasteiger partial charge < -0.3 is 9.47 Å². The van der Waals surface area contributed by atoms with Crippen molar-refractivity contribution in [2.45, 2.75) is 37.6 Å². The summed E-state index contributed by atoms with van der Waals surface area (Å²) in [6.07, 6.45) is 1.68. The molecule has 1 aromatic carbocycles. The van der Waals surface area contributed by atoms with Crippen molar-refractivity contribution in [1.82, 2.24) is 4.31 Å². The van der Waals surface area contributed by atoms with Gasteiger partial charge >= 0.3 is 0 Å². The molecule has 5 nitrogen and oxygen atoms in total. The van der Waals surface area contributed by atoms with Crippen molar-refractivity contribution in [1.29, 1.82) is 0 Å². The fraction of sp³-hybridized carbons (Fsp3) is 0.444. The van der Waals surface area contributed by atoms with Gasteiger partial charge in [-0.3, -0.25) is 0 Å². The Balaban J connectivity index is 1.70. The second-order valence-corrected chi connectivity index (χ2v) is 9.77. The first-order valence-electron chi connectivity index (χ1n) is 8.45. The highest BCUT2D eigenvalue weighted by Gasteiger charge is 2.37. The van der Waals surface area contributed by atoms with Crippen LogP contribution in [-0.2, 0) is 10.0 Å². The third kappa shape index (κ3) is 2.94. The van der Waals surface area contributed by atoms with Gasteiger partial charge in [0.2, 0.25) is 10.0 Å². The number of hydrogen-bond acceptors (Lipinski definition) is 5. The molecule has 1 atom stereocenters. The Morgan fingerprint density at radius 1 is 1.12 bits per heavy atom. The van der Waals surface area contributed by atoms with Gasteiger partial charge in [-0.1, -0.05) is 6.07 Å². The number of nitrogens with zero attached hydrogens (tertiary/aromatic N) is 1. The Morgan fingerprint density at radius 3 is 2.60 bits per heavy atom. The average molecular weight is 380 g/mol. The van der Waals surface area contributed by atoms with Crippen LogP contribution in [0.2, 0.25) is 0 Å². The lowest BCUT2D eigenvalue weighted by Gasteiger charge is -2.26. The largest absolute Gasteiger partial charge is 0.486 e. The van der Waals surface area contributed by atoms with Crippen LogP contribution in [0.1, 0.15) is 34.2 Å². The first kappa shape index (κ1) is 16.9. The summed E-state index contributed by atoms with van der Waals surface area (Å²) in [6.45, 7) is 5.44. The fourth-order valence-electron chi connectivity index (χ4n) is 3.62. The summed E-state index contributed by atoms with van der Waals surface area (Å²) in [4.78, 5) is 2.32. The van der Waals surface area contributed by atoms with Crippen LogP contribution in [0.3, 0.4) is 0 Å². The summed E-state index contributed by atoms with van der Waals surface area (Å²) in [6, 6.07) is 7.40. The molecule has 1 unspecified atom stereocenters. The quantitative estimate of drug-likeness (QED) is 0.817. The van der Waals surface area contributed by atoms with Gasteiger partial charge in [-0.2, -0.15) is 4.31 Å². The van der Waals surface area contributed by atoms with E-state index in [1.54, 1.807) is 10.4 Å². The van der Waals surface area contributed by atoms with Crippen molar-refractivity contribution in [3.05, 3.63) is 39.6 Å². The molecule has 1 fully saturated rings. The Morgan fingerprint density at radius 2 is 1.88 bits per heavy atom. The standard InChI is InChI=1S/C18H21NO4S2/c1-12-10-18(13(2)24-12)25(20,21)19-7-3-4-15(19)14-5-6-16-17(11-14)23-9-8-22-16/h5-6,10-11,15H,3-4,7-9H2,1-2H3. The molecule has 0 amide bonds. The van der Waals surface area contributed by atoms with Gasteiger partial charge in [0.05, 0.1) is 10.9 Å². The van der Waals surface area contributed by atoms with Gasteiger partial charge in [-0.15, -0.1) is 11.3 Å². The van der Waals surface area contributed by atoms with Crippen molar-refractivity contribution < 1.29 is 17.9 Å². The van der Waals surface area contributed by atoms with Crippen LogP contribution >= 0.6 is 11.3 Å². The van der Waals surface area contributed by atoms with Crippen LogP contribution in [0, 0.1) is 13.8 Å². The maximum absolute atomic E-state index is 13.2. The lowest BCUT2D eigenvalue weighted by molar-refractivity contribution is 0.171. The van der Waals surface area contributed by atoms with Crippen LogP contribution in [0.25, 0.3) is 0 Å². The third-order valence-electron chi connectivity index (χ3n) is 4.74. The van der Waals surface area contributed by atoms with Crippen molar-refractivity contribution in [3.63, 3.8) is 0 Å². The Hall–Kier alpha value is -1.57. The SMILES string of the molecule is Cc1cc(S(=O)(=O)N2CCCC2c2ccc3c(c2)OCCO3)c(C)s1. The van der Waals surface area contributed by atoms with Crippen molar-refractivity contribution >= 4 is 21.4 Å². The third-order valence-corrected chi connectivity index (χ3v) is 7.87. The minimum absolute atomic E-state index is 0.152. The Kier molecular flexibility index (Phi) is 4.25. The molecular formula is C18H21NO4S2. The fourth-order valence-corrected chi connectivity index (χ4v) is 6.83. The molecule has 134 valence electrons. The summed E-state index contributed by atoms with van der Waals surface area (Å²) in [5.74, 6) is 1.43. The Bertz CT molecular complexity index is 904. The lowest BCUT2D eigenvalue weighted by Crippen LogP contribution is -2.31. The van der Waals surface area contributed by atoms with Crippen molar-refractivity contribution in [3.8, 4) is 11.5 Å². The van der Waals surface area contributed by atoms with E-state index in [1.165, 1.54) is 11.3 Å². The molecule has 2 aliphatic heterocycles. The first-order valence-corrected chi connectivity index (χ1v) is 10.7. The Labute approximate surface area is 152 Å². The number of hydrogen-bond donors (Lipinski definition) is 0. The molecule has 3 heterocycles. The highest BCUT2D eigenvalue weighted by Crippen LogP contribution is 2.41. The molecule has 0 radical (unpaired) electrons. The molecule has 0 bridgehead atoms. The zero-order chi connectivity index (χ0) is 17.6. The molecule has 2 aliphatic rings. The molecule has 4 rings (SSSR count). The lowest BCUT2D eigenvalue weighted by atomic mass is 10.0. The summed E-state index contributed by atoms with van der Waals surface area (Å²) in [5.41, 5.74) is 0.968. The van der Waals surface area contributed by atoms with E-state index in [1.807, 2.05) is 32.0 Å². The highest BCUT2D eigenvalue weighted by molar-refractivity contribution is 7.89. The molecule has 0 N–H and O–H groups in total. The second kappa shape index (κ2) is 6.30. The molecular weight excluding hydrogens is 358 g/mol. The minimum Gasteiger partial charge on any atom is -0.486 e. The van der Waals surface area contributed by atoms with Crippen LogP contribution in [0.4, 0.5) is 0 Å². The van der Waals surface area contributed by atoms with Crippen LogP contribution < -0.4 is 9.47 Å². The number of benzene rings is 1. The molecule has 25 heavy (non-hydrogen) atoms. The second-order valence-electron chi connectivity index (χ2n) is 6.45. The van der Waals surface area contributed by atoms with E-state index in [0.29, 0.717) is 30.4 Å². The van der Waals surface area contributed by atoms with E-state index >= 15 is 0 Å². The number of thiophene rings is 1. The van der Waals surface area contributed by atoms with Crippen LogP contribution in [0.5, 0.6) is 11.5 Å². The van der Waals surface area contributed by atoms with Gasteiger partial charge in [0.25, 0.3) is 0 Å². The maximum atomic E-state index is 13.2. The van der Waals surface area contributed by atoms with Gasteiger partial charge in [-0.05, 0) is 50.5 Å². The summed E-state index contributed by atoms with van der Waals surface area (Å²) in [7, 11) is -3.50. The van der Waals surface area contributed by atoms with Gasteiger partial charge in [0, 0.05) is 16.3 Å². The minimum atomic E-state index is -3.50. The van der Waals surface area contributed by atoms with Crippen LogP contribution in [0.15, 0.2) is 29.2 Å². The van der Waals surface area contributed by atoms with Gasteiger partial charge in [0.15, 0.2) is 11.5 Å². The zero-order valence-corrected chi connectivity index (χ0v) is 16.0. The van der Waals surface area contributed by atoms with Gasteiger partial charge in [-0.25, -0.2) is 8.42 Å².